The Kier molecular flexibility index (Phi) is 3.55. The number of benzene rings is 4. The third-order valence-corrected chi connectivity index (χ3v) is 8.09. The van der Waals surface area contributed by atoms with E-state index in [0.717, 1.165) is 23.0 Å². The lowest BCUT2D eigenvalue weighted by Crippen LogP contribution is -1.96. The lowest BCUT2D eigenvalue weighted by atomic mass is 9.98. The molecule has 0 unspecified atom stereocenters. The van der Waals surface area contributed by atoms with Crippen molar-refractivity contribution in [2.45, 2.75) is 6.42 Å². The molecule has 0 amide bonds. The number of aromatic nitrogens is 4. The van der Waals surface area contributed by atoms with E-state index in [0.29, 0.717) is 0 Å². The van der Waals surface area contributed by atoms with E-state index in [1.54, 1.807) is 0 Å². The molecule has 0 saturated heterocycles. The monoisotopic (exact) mass is 472 g/mol. The standard InChI is InChI=1S/C33H20N4/c1-2-6-21(7-3-1)37-31-9-5-4-8-23(31)24-11-10-22-25-18-26-28(17-20(25)16-27(22)32(24)37)33-35-14-15-36(33)30-12-13-34-19-29(26)30/h1-15,17-19H,16H2. The molecule has 1 aliphatic carbocycles. The summed E-state index contributed by atoms with van der Waals surface area (Å²) in [5.41, 5.74) is 11.3. The number of para-hydroxylation sites is 2. The SMILES string of the molecule is c1ccc(-n2c3ccccc3c3ccc4c(c32)Cc2cc3c(cc2-4)c2cnccc2n2ccnc32)cc1. The highest BCUT2D eigenvalue weighted by atomic mass is 15.0. The van der Waals surface area contributed by atoms with E-state index in [9.17, 15) is 0 Å². The van der Waals surface area contributed by atoms with Gasteiger partial charge in [-0.15, -0.1) is 0 Å². The second-order valence-electron chi connectivity index (χ2n) is 9.92. The Bertz CT molecular complexity index is 2220. The van der Waals surface area contributed by atoms with Gasteiger partial charge in [0.25, 0.3) is 0 Å². The molecule has 0 N–H and O–H groups in total. The number of pyridine rings is 2. The van der Waals surface area contributed by atoms with Crippen LogP contribution in [0, 0.1) is 0 Å². The average molecular weight is 473 g/mol. The van der Waals surface area contributed by atoms with Gasteiger partial charge in [0.05, 0.1) is 16.6 Å². The number of fused-ring (bicyclic) bond motifs is 13. The van der Waals surface area contributed by atoms with Gasteiger partial charge in [0.2, 0.25) is 0 Å². The molecule has 37 heavy (non-hydrogen) atoms. The van der Waals surface area contributed by atoms with E-state index in [-0.39, 0.29) is 0 Å². The topological polar surface area (TPSA) is 35.1 Å². The van der Waals surface area contributed by atoms with Gasteiger partial charge in [-0.05, 0) is 64.0 Å². The van der Waals surface area contributed by atoms with Gasteiger partial charge in [0.15, 0.2) is 0 Å². The summed E-state index contributed by atoms with van der Waals surface area (Å²) < 4.78 is 4.63. The first-order valence-corrected chi connectivity index (χ1v) is 12.6. The number of hydrogen-bond donors (Lipinski definition) is 0. The van der Waals surface area contributed by atoms with Gasteiger partial charge in [0.1, 0.15) is 5.65 Å². The van der Waals surface area contributed by atoms with Crippen molar-refractivity contribution < 1.29 is 0 Å². The second-order valence-corrected chi connectivity index (χ2v) is 9.92. The molecular formula is C33H20N4. The largest absolute Gasteiger partial charge is 0.309 e. The van der Waals surface area contributed by atoms with Gasteiger partial charge in [-0.2, -0.15) is 0 Å². The zero-order valence-electron chi connectivity index (χ0n) is 19.9. The average Bonchev–Trinajstić information content (AvgIpc) is 3.67. The van der Waals surface area contributed by atoms with Crippen molar-refractivity contribution >= 4 is 49.1 Å². The molecule has 0 aliphatic heterocycles. The Morgan fingerprint density at radius 2 is 1.54 bits per heavy atom. The number of nitrogens with zero attached hydrogens (tertiary/aromatic N) is 4. The molecule has 4 nitrogen and oxygen atoms in total. The molecule has 1 aliphatic rings. The van der Waals surface area contributed by atoms with Crippen LogP contribution in [-0.2, 0) is 6.42 Å². The summed E-state index contributed by atoms with van der Waals surface area (Å²) in [7, 11) is 0. The summed E-state index contributed by atoms with van der Waals surface area (Å²) in [5.74, 6) is 0. The fourth-order valence-electron chi connectivity index (χ4n) is 6.54. The third kappa shape index (κ3) is 2.42. The molecule has 0 radical (unpaired) electrons. The minimum atomic E-state index is 0.902. The highest BCUT2D eigenvalue weighted by molar-refractivity contribution is 6.15. The van der Waals surface area contributed by atoms with Crippen LogP contribution in [0.15, 0.2) is 110 Å². The molecule has 4 aromatic heterocycles. The fourth-order valence-corrected chi connectivity index (χ4v) is 6.54. The van der Waals surface area contributed by atoms with E-state index in [2.05, 4.69) is 98.9 Å². The Morgan fingerprint density at radius 3 is 2.49 bits per heavy atom. The van der Waals surface area contributed by atoms with Gasteiger partial charge in [0, 0.05) is 58.4 Å². The summed E-state index contributed by atoms with van der Waals surface area (Å²) >= 11 is 0. The predicted molar refractivity (Wildman–Crippen MR) is 151 cm³/mol. The number of rotatable bonds is 1. The van der Waals surface area contributed by atoms with Crippen LogP contribution < -0.4 is 0 Å². The van der Waals surface area contributed by atoms with Crippen LogP contribution in [0.4, 0.5) is 0 Å². The number of hydrogen-bond acceptors (Lipinski definition) is 2. The first-order chi connectivity index (χ1) is 18.4. The summed E-state index contributed by atoms with van der Waals surface area (Å²) in [4.78, 5) is 9.21. The van der Waals surface area contributed by atoms with E-state index in [1.807, 2.05) is 24.8 Å². The third-order valence-electron chi connectivity index (χ3n) is 8.09. The zero-order chi connectivity index (χ0) is 24.1. The normalized spacial score (nSPS) is 12.8. The van der Waals surface area contributed by atoms with Crippen LogP contribution in [0.5, 0.6) is 0 Å². The lowest BCUT2D eigenvalue weighted by Gasteiger charge is -2.11. The van der Waals surface area contributed by atoms with Crippen molar-refractivity contribution in [2.24, 2.45) is 0 Å². The van der Waals surface area contributed by atoms with E-state index in [4.69, 9.17) is 4.98 Å². The zero-order valence-corrected chi connectivity index (χ0v) is 19.9. The molecule has 0 fully saturated rings. The summed E-state index contributed by atoms with van der Waals surface area (Å²) in [6, 6.07) is 30.9. The highest BCUT2D eigenvalue weighted by Crippen LogP contribution is 2.46. The summed E-state index contributed by atoms with van der Waals surface area (Å²) in [6.45, 7) is 0. The van der Waals surface area contributed by atoms with Gasteiger partial charge < -0.3 is 4.57 Å². The lowest BCUT2D eigenvalue weighted by molar-refractivity contribution is 1.15. The fraction of sp³-hybridized carbons (Fsp3) is 0.0303. The molecule has 4 heterocycles. The maximum Gasteiger partial charge on any atom is 0.145 e. The molecular weight excluding hydrogens is 452 g/mol. The van der Waals surface area contributed by atoms with Crippen LogP contribution in [0.3, 0.4) is 0 Å². The predicted octanol–water partition coefficient (Wildman–Crippen LogP) is 7.70. The van der Waals surface area contributed by atoms with E-state index in [1.165, 1.54) is 60.5 Å². The highest BCUT2D eigenvalue weighted by Gasteiger charge is 2.26. The smallest absolute Gasteiger partial charge is 0.145 e. The van der Waals surface area contributed by atoms with Crippen molar-refractivity contribution in [3.8, 4) is 16.8 Å². The molecule has 172 valence electrons. The van der Waals surface area contributed by atoms with Crippen LogP contribution in [-0.4, -0.2) is 18.9 Å². The Balaban J connectivity index is 1.41. The van der Waals surface area contributed by atoms with Gasteiger partial charge in [-0.25, -0.2) is 4.98 Å². The van der Waals surface area contributed by atoms with Crippen molar-refractivity contribution in [3.05, 3.63) is 121 Å². The van der Waals surface area contributed by atoms with Crippen LogP contribution in [0.2, 0.25) is 0 Å². The van der Waals surface area contributed by atoms with Crippen molar-refractivity contribution in [2.75, 3.05) is 0 Å². The van der Waals surface area contributed by atoms with Crippen LogP contribution in [0.25, 0.3) is 65.9 Å². The molecule has 4 aromatic carbocycles. The quantitative estimate of drug-likeness (QED) is 0.229. The second kappa shape index (κ2) is 6.83. The molecule has 8 aromatic rings. The number of imidazole rings is 1. The van der Waals surface area contributed by atoms with Crippen LogP contribution in [0.1, 0.15) is 11.1 Å². The van der Waals surface area contributed by atoms with Crippen molar-refractivity contribution in [3.63, 3.8) is 0 Å². The summed E-state index contributed by atoms with van der Waals surface area (Å²) in [6.07, 6.45) is 8.67. The van der Waals surface area contributed by atoms with E-state index < -0.39 is 0 Å². The maximum absolute atomic E-state index is 4.74. The summed E-state index contributed by atoms with van der Waals surface area (Å²) in [5, 5.41) is 6.13. The van der Waals surface area contributed by atoms with Gasteiger partial charge in [-0.1, -0.05) is 48.5 Å². The van der Waals surface area contributed by atoms with Gasteiger partial charge >= 0.3 is 0 Å². The first kappa shape index (κ1) is 19.3. The molecule has 0 saturated carbocycles. The molecule has 9 rings (SSSR count). The Morgan fingerprint density at radius 1 is 0.649 bits per heavy atom. The van der Waals surface area contributed by atoms with Crippen molar-refractivity contribution in [1.82, 2.24) is 18.9 Å². The van der Waals surface area contributed by atoms with E-state index >= 15 is 0 Å². The molecule has 0 spiro atoms. The van der Waals surface area contributed by atoms with Crippen molar-refractivity contribution in [1.29, 1.82) is 0 Å². The minimum Gasteiger partial charge on any atom is -0.309 e. The van der Waals surface area contributed by atoms with Gasteiger partial charge in [-0.3, -0.25) is 9.38 Å². The molecule has 0 bridgehead atoms. The maximum atomic E-state index is 4.74. The molecule has 0 atom stereocenters. The minimum absolute atomic E-state index is 0.902. The first-order valence-electron chi connectivity index (χ1n) is 12.6. The Hall–Kier alpha value is -4.96. The van der Waals surface area contributed by atoms with Crippen LogP contribution >= 0.6 is 0 Å². The Labute approximate surface area is 212 Å². The molecule has 4 heteroatoms.